The molecule has 0 radical (unpaired) electrons. The van der Waals surface area contributed by atoms with Crippen molar-refractivity contribution in [3.8, 4) is 5.75 Å². The lowest BCUT2D eigenvalue weighted by Crippen LogP contribution is -2.16. The first-order valence-corrected chi connectivity index (χ1v) is 9.64. The molecule has 7 heteroatoms. The Morgan fingerprint density at radius 2 is 1.77 bits per heavy atom. The third-order valence-corrected chi connectivity index (χ3v) is 5.70. The molecule has 2 aromatic carbocycles. The molecule has 0 saturated heterocycles. The first-order chi connectivity index (χ1) is 12.2. The largest absolute Gasteiger partial charge is 0.496 e. The van der Waals surface area contributed by atoms with Gasteiger partial charge in [-0.3, -0.25) is 4.72 Å². The number of aryl methyl sites for hydroxylation is 1. The van der Waals surface area contributed by atoms with Crippen LogP contribution < -0.4 is 9.46 Å². The van der Waals surface area contributed by atoms with Crippen LogP contribution in [0.25, 0.3) is 0 Å². The molecule has 0 bridgehead atoms. The van der Waals surface area contributed by atoms with Crippen molar-refractivity contribution in [3.05, 3.63) is 52.6 Å². The van der Waals surface area contributed by atoms with E-state index in [0.717, 1.165) is 5.56 Å². The Kier molecular flexibility index (Phi) is 5.92. The van der Waals surface area contributed by atoms with Crippen molar-refractivity contribution in [3.63, 3.8) is 0 Å². The van der Waals surface area contributed by atoms with Crippen molar-refractivity contribution in [1.29, 1.82) is 0 Å². The zero-order valence-corrected chi connectivity index (χ0v) is 16.4. The Labute approximate surface area is 154 Å². The highest BCUT2D eigenvalue weighted by molar-refractivity contribution is 7.92. The summed E-state index contributed by atoms with van der Waals surface area (Å²) in [5, 5.41) is 0. The number of carbonyl (C=O) groups is 1. The van der Waals surface area contributed by atoms with Crippen LogP contribution in [0.4, 0.5) is 5.69 Å². The zero-order valence-electron chi connectivity index (χ0n) is 15.5. The van der Waals surface area contributed by atoms with Gasteiger partial charge in [-0.05, 0) is 68.7 Å². The number of ether oxygens (including phenoxy) is 2. The summed E-state index contributed by atoms with van der Waals surface area (Å²) in [6.45, 7) is 7.26. The summed E-state index contributed by atoms with van der Waals surface area (Å²) in [5.74, 6) is 0.131. The molecule has 2 aromatic rings. The molecule has 1 N–H and O–H groups in total. The van der Waals surface area contributed by atoms with E-state index in [1.54, 1.807) is 53.0 Å². The van der Waals surface area contributed by atoms with Crippen molar-refractivity contribution in [2.45, 2.75) is 32.6 Å². The van der Waals surface area contributed by atoms with E-state index in [1.165, 1.54) is 12.1 Å². The summed E-state index contributed by atoms with van der Waals surface area (Å²) in [7, 11) is -2.29. The maximum absolute atomic E-state index is 12.9. The summed E-state index contributed by atoms with van der Waals surface area (Å²) >= 11 is 0. The maximum Gasteiger partial charge on any atom is 0.338 e. The molecule has 2 rings (SSSR count). The summed E-state index contributed by atoms with van der Waals surface area (Å²) in [6.07, 6.45) is 0. The van der Waals surface area contributed by atoms with Crippen LogP contribution in [0.2, 0.25) is 0 Å². The van der Waals surface area contributed by atoms with E-state index < -0.39 is 16.0 Å². The van der Waals surface area contributed by atoms with Crippen LogP contribution in [-0.2, 0) is 14.8 Å². The second-order valence-corrected chi connectivity index (χ2v) is 7.52. The summed E-state index contributed by atoms with van der Waals surface area (Å²) in [5.41, 5.74) is 2.69. The van der Waals surface area contributed by atoms with Gasteiger partial charge in [-0.15, -0.1) is 0 Å². The van der Waals surface area contributed by atoms with Gasteiger partial charge in [-0.25, -0.2) is 13.2 Å². The smallest absolute Gasteiger partial charge is 0.338 e. The highest BCUT2D eigenvalue weighted by Crippen LogP contribution is 2.29. The molecule has 0 fully saturated rings. The van der Waals surface area contributed by atoms with Gasteiger partial charge in [-0.2, -0.15) is 0 Å². The van der Waals surface area contributed by atoms with Gasteiger partial charge < -0.3 is 9.47 Å². The zero-order chi connectivity index (χ0) is 19.5. The van der Waals surface area contributed by atoms with E-state index in [2.05, 4.69) is 4.72 Å². The molecule has 6 nitrogen and oxygen atoms in total. The number of nitrogens with one attached hydrogen (secondary N) is 1. The molecular formula is C19H23NO5S. The van der Waals surface area contributed by atoms with Crippen LogP contribution in [0.15, 0.2) is 35.2 Å². The van der Waals surface area contributed by atoms with Crippen molar-refractivity contribution < 1.29 is 22.7 Å². The van der Waals surface area contributed by atoms with Gasteiger partial charge in [0.1, 0.15) is 5.75 Å². The van der Waals surface area contributed by atoms with E-state index in [0.29, 0.717) is 22.6 Å². The van der Waals surface area contributed by atoms with E-state index in [9.17, 15) is 13.2 Å². The normalized spacial score (nSPS) is 11.1. The number of methoxy groups -OCH3 is 1. The minimum atomic E-state index is -3.83. The highest BCUT2D eigenvalue weighted by Gasteiger charge is 2.21. The maximum atomic E-state index is 12.9. The number of hydrogen-bond acceptors (Lipinski definition) is 5. The Morgan fingerprint density at radius 3 is 2.38 bits per heavy atom. The van der Waals surface area contributed by atoms with Crippen LogP contribution >= 0.6 is 0 Å². The predicted octanol–water partition coefficient (Wildman–Crippen LogP) is 3.60. The molecule has 0 heterocycles. The fourth-order valence-electron chi connectivity index (χ4n) is 2.56. The van der Waals surface area contributed by atoms with Crippen LogP contribution in [0.1, 0.15) is 34.0 Å². The SMILES string of the molecule is CCOC(=O)c1ccc(C)c(NS(=O)(=O)c2ccc(OC)c(C)c2C)c1. The Hall–Kier alpha value is -2.54. The van der Waals surface area contributed by atoms with Crippen LogP contribution in [-0.4, -0.2) is 28.1 Å². The number of rotatable bonds is 6. The summed E-state index contributed by atoms with van der Waals surface area (Å²) in [6, 6.07) is 7.90. The number of esters is 1. The molecule has 0 aliphatic rings. The molecule has 0 saturated carbocycles. The monoisotopic (exact) mass is 377 g/mol. The third-order valence-electron chi connectivity index (χ3n) is 4.19. The number of anilines is 1. The van der Waals surface area contributed by atoms with Gasteiger partial charge in [-0.1, -0.05) is 6.07 Å². The number of hydrogen-bond donors (Lipinski definition) is 1. The van der Waals surface area contributed by atoms with E-state index in [-0.39, 0.29) is 17.1 Å². The molecule has 26 heavy (non-hydrogen) atoms. The minimum absolute atomic E-state index is 0.164. The highest BCUT2D eigenvalue weighted by atomic mass is 32.2. The molecule has 0 amide bonds. The lowest BCUT2D eigenvalue weighted by atomic mass is 10.1. The van der Waals surface area contributed by atoms with E-state index >= 15 is 0 Å². The Balaban J connectivity index is 2.43. The molecular weight excluding hydrogens is 354 g/mol. The molecule has 0 aliphatic heterocycles. The van der Waals surface area contributed by atoms with Crippen molar-refractivity contribution in [1.82, 2.24) is 0 Å². The van der Waals surface area contributed by atoms with E-state index in [1.807, 2.05) is 0 Å². The standard InChI is InChI=1S/C19H23NO5S/c1-6-25-19(21)15-8-7-12(2)16(11-15)20-26(22,23)18-10-9-17(24-5)13(3)14(18)4/h7-11,20H,6H2,1-5H3. The predicted molar refractivity (Wildman–Crippen MR) is 100 cm³/mol. The average molecular weight is 377 g/mol. The summed E-state index contributed by atoms with van der Waals surface area (Å²) < 4.78 is 38.5. The lowest BCUT2D eigenvalue weighted by molar-refractivity contribution is 0.0526. The second-order valence-electron chi connectivity index (χ2n) is 5.87. The van der Waals surface area contributed by atoms with Gasteiger partial charge in [0.15, 0.2) is 0 Å². The fourth-order valence-corrected chi connectivity index (χ4v) is 3.98. The van der Waals surface area contributed by atoms with Gasteiger partial charge >= 0.3 is 5.97 Å². The quantitative estimate of drug-likeness (QED) is 0.778. The average Bonchev–Trinajstić information content (AvgIpc) is 2.59. The van der Waals surface area contributed by atoms with Gasteiger partial charge in [0, 0.05) is 0 Å². The number of carbonyl (C=O) groups excluding carboxylic acids is 1. The van der Waals surface area contributed by atoms with Crippen LogP contribution in [0, 0.1) is 20.8 Å². The topological polar surface area (TPSA) is 81.7 Å². The molecule has 0 unspecified atom stereocenters. The van der Waals surface area contributed by atoms with E-state index in [4.69, 9.17) is 9.47 Å². The number of sulfonamides is 1. The first kappa shape index (κ1) is 19.8. The number of benzene rings is 2. The van der Waals surface area contributed by atoms with Gasteiger partial charge in [0.05, 0.1) is 29.9 Å². The fraction of sp³-hybridized carbons (Fsp3) is 0.316. The lowest BCUT2D eigenvalue weighted by Gasteiger charge is -2.16. The van der Waals surface area contributed by atoms with Crippen molar-refractivity contribution >= 4 is 21.7 Å². The van der Waals surface area contributed by atoms with Crippen LogP contribution in [0.5, 0.6) is 5.75 Å². The van der Waals surface area contributed by atoms with Crippen molar-refractivity contribution in [2.75, 3.05) is 18.4 Å². The molecule has 0 aromatic heterocycles. The molecule has 0 atom stereocenters. The van der Waals surface area contributed by atoms with Gasteiger partial charge in [0.25, 0.3) is 10.0 Å². The molecule has 140 valence electrons. The Morgan fingerprint density at radius 1 is 1.08 bits per heavy atom. The van der Waals surface area contributed by atoms with Crippen molar-refractivity contribution in [2.24, 2.45) is 0 Å². The second kappa shape index (κ2) is 7.78. The van der Waals surface area contributed by atoms with Gasteiger partial charge in [0.2, 0.25) is 0 Å². The minimum Gasteiger partial charge on any atom is -0.496 e. The van der Waals surface area contributed by atoms with Crippen LogP contribution in [0.3, 0.4) is 0 Å². The Bertz CT molecular complexity index is 935. The summed E-state index contributed by atoms with van der Waals surface area (Å²) in [4.78, 5) is 12.1. The molecule has 0 aliphatic carbocycles. The third kappa shape index (κ3) is 3.99. The molecule has 0 spiro atoms. The first-order valence-electron chi connectivity index (χ1n) is 8.16.